The number of nitrogens with zero attached hydrogens (tertiary/aromatic N) is 7. The molecule has 4 aromatic carbocycles. The summed E-state index contributed by atoms with van der Waals surface area (Å²) in [4.78, 5) is 8.91. The standard InChI is InChI=1S/C33H32ClN9O16S4.Cu/c1-4-60(46,47)12-11-59-10-9-35-32-37-31(34)38-33(39-32)36-20-7-6-18-19(30(20)63(54,55)56)14-27(62(51,52)53)28(29(18)45)43-41-22-16-26(58-3)25(57-2)15-21(22)40-42-23-13-17(61(48,49)50)5-8-24(23)44;/h4-8,13-16,44-45H,1,9-12H2,2-3H3,(H,48,49,50)(H,51,52,53)(H,54,55,56)(H2,35,36,37,38,39);. The Hall–Kier alpha value is -5.66. The zero-order valence-electron chi connectivity index (χ0n) is 32.4. The summed E-state index contributed by atoms with van der Waals surface area (Å²) in [5, 5.41) is 41.7. The number of azo groups is 2. The predicted molar refractivity (Wildman–Crippen MR) is 222 cm³/mol. The van der Waals surface area contributed by atoms with Crippen LogP contribution >= 0.6 is 11.6 Å². The fraction of sp³-hybridized carbons (Fsp3) is 0.182. The van der Waals surface area contributed by atoms with Crippen molar-refractivity contribution in [3.05, 3.63) is 65.8 Å². The minimum Gasteiger partial charge on any atom is -0.506 e. The normalized spacial score (nSPS) is 12.3. The van der Waals surface area contributed by atoms with E-state index in [2.05, 4.69) is 52.6 Å². The Morgan fingerprint density at radius 1 is 0.734 bits per heavy atom. The Morgan fingerprint density at radius 2 is 1.34 bits per heavy atom. The second-order valence-electron chi connectivity index (χ2n) is 12.2. The Bertz CT molecular complexity index is 3150. The maximum Gasteiger partial charge on any atom is 0.297 e. The Morgan fingerprint density at radius 3 is 1.92 bits per heavy atom. The topological polar surface area (TPSA) is 378 Å². The van der Waals surface area contributed by atoms with E-state index in [0.717, 1.165) is 41.8 Å². The molecule has 0 spiro atoms. The van der Waals surface area contributed by atoms with Gasteiger partial charge >= 0.3 is 0 Å². The van der Waals surface area contributed by atoms with Crippen LogP contribution in [0, 0.1) is 0 Å². The van der Waals surface area contributed by atoms with E-state index < -0.39 is 105 Å². The monoisotopic (exact) mass is 1040 g/mol. The van der Waals surface area contributed by atoms with Gasteiger partial charge in [-0.2, -0.15) is 40.2 Å². The summed E-state index contributed by atoms with van der Waals surface area (Å²) in [6.45, 7) is 3.09. The van der Waals surface area contributed by atoms with Crippen molar-refractivity contribution in [1.82, 2.24) is 15.0 Å². The summed E-state index contributed by atoms with van der Waals surface area (Å²) >= 11 is 6.04. The van der Waals surface area contributed by atoms with Crippen LogP contribution < -0.4 is 20.1 Å². The van der Waals surface area contributed by atoms with Gasteiger partial charge in [-0.1, -0.05) is 6.58 Å². The van der Waals surface area contributed by atoms with Gasteiger partial charge in [-0.05, 0) is 48.0 Å². The Kier molecular flexibility index (Phi) is 16.3. The van der Waals surface area contributed by atoms with Crippen molar-refractivity contribution in [2.45, 2.75) is 14.7 Å². The largest absolute Gasteiger partial charge is 0.506 e. The minimum atomic E-state index is -5.42. The second kappa shape index (κ2) is 20.4. The summed E-state index contributed by atoms with van der Waals surface area (Å²) in [7, 11) is -16.5. The molecule has 1 aromatic heterocycles. The van der Waals surface area contributed by atoms with Crippen LogP contribution in [0.1, 0.15) is 0 Å². The first kappa shape index (κ1) is 51.0. The number of sulfone groups is 1. The van der Waals surface area contributed by atoms with Crippen molar-refractivity contribution < 1.29 is 88.8 Å². The molecule has 347 valence electrons. The van der Waals surface area contributed by atoms with Crippen LogP contribution in [0.15, 0.2) is 95.7 Å². The van der Waals surface area contributed by atoms with E-state index in [4.69, 9.17) is 25.8 Å². The molecule has 0 unspecified atom stereocenters. The summed E-state index contributed by atoms with van der Waals surface area (Å²) < 4.78 is 144. The summed E-state index contributed by atoms with van der Waals surface area (Å²) in [5.74, 6) is -2.48. The van der Waals surface area contributed by atoms with Crippen LogP contribution in [-0.2, 0) is 62.0 Å². The smallest absolute Gasteiger partial charge is 0.297 e. The molecule has 0 saturated carbocycles. The number of halogens is 1. The molecule has 1 heterocycles. The zero-order valence-corrected chi connectivity index (χ0v) is 37.4. The van der Waals surface area contributed by atoms with Gasteiger partial charge in [0.15, 0.2) is 27.1 Å². The Balaban J connectivity index is 0.00000898. The van der Waals surface area contributed by atoms with Crippen molar-refractivity contribution in [1.29, 1.82) is 0 Å². The first-order valence-corrected chi connectivity index (χ1v) is 23.4. The van der Waals surface area contributed by atoms with Gasteiger partial charge in [-0.3, -0.25) is 13.7 Å². The SMILES string of the molecule is C=CS(=O)(=O)CCOCCNc1nc(Cl)nc(Nc2ccc3c(O)c(N=Nc4cc(OC)c(OC)cc4N=Nc4cc(S(=O)(=O)O)ccc4O)c(S(=O)(=O)O)cc3c2S(=O)(=O)O)n1.[Cu]. The molecule has 64 heavy (non-hydrogen) atoms. The first-order chi connectivity index (χ1) is 29.4. The maximum atomic E-state index is 12.9. The summed E-state index contributed by atoms with van der Waals surface area (Å²) in [5.41, 5.74) is -2.45. The molecule has 0 amide bonds. The van der Waals surface area contributed by atoms with E-state index in [1.807, 2.05) is 0 Å². The number of rotatable bonds is 19. The number of fused-ring (bicyclic) bond motifs is 1. The predicted octanol–water partition coefficient (Wildman–Crippen LogP) is 5.41. The van der Waals surface area contributed by atoms with Gasteiger partial charge in [-0.15, -0.1) is 20.5 Å². The number of methoxy groups -OCH3 is 2. The zero-order chi connectivity index (χ0) is 46.5. The number of phenols is 2. The molecule has 0 saturated heterocycles. The van der Waals surface area contributed by atoms with Crippen LogP contribution in [0.3, 0.4) is 0 Å². The third kappa shape index (κ3) is 12.5. The van der Waals surface area contributed by atoms with Crippen LogP contribution in [0.5, 0.6) is 23.0 Å². The van der Waals surface area contributed by atoms with Crippen LogP contribution in [0.25, 0.3) is 10.8 Å². The number of aromatic nitrogens is 3. The first-order valence-electron chi connectivity index (χ1n) is 17.0. The molecule has 0 aliphatic heterocycles. The molecule has 5 rings (SSSR count). The summed E-state index contributed by atoms with van der Waals surface area (Å²) in [6.07, 6.45) is 0. The van der Waals surface area contributed by atoms with Crippen molar-refractivity contribution in [3.8, 4) is 23.0 Å². The van der Waals surface area contributed by atoms with Crippen LogP contribution in [-0.4, -0.2) is 112 Å². The molecule has 0 atom stereocenters. The van der Waals surface area contributed by atoms with Crippen molar-refractivity contribution in [3.63, 3.8) is 0 Å². The van der Waals surface area contributed by atoms with Crippen LogP contribution in [0.4, 0.5) is 40.3 Å². The van der Waals surface area contributed by atoms with Gasteiger partial charge in [0.1, 0.15) is 38.3 Å². The molecule has 0 aliphatic carbocycles. The molecule has 31 heteroatoms. The van der Waals surface area contributed by atoms with Gasteiger partial charge < -0.3 is 35.1 Å². The van der Waals surface area contributed by atoms with E-state index in [9.17, 15) is 57.5 Å². The Labute approximate surface area is 379 Å². The van der Waals surface area contributed by atoms with Gasteiger partial charge in [0.25, 0.3) is 30.4 Å². The van der Waals surface area contributed by atoms with E-state index in [1.165, 1.54) is 20.3 Å². The van der Waals surface area contributed by atoms with Gasteiger partial charge in [0.05, 0.1) is 43.8 Å². The van der Waals surface area contributed by atoms with Crippen molar-refractivity contribution >= 4 is 103 Å². The molecule has 7 N–H and O–H groups in total. The van der Waals surface area contributed by atoms with Gasteiger partial charge in [0.2, 0.25) is 17.2 Å². The fourth-order valence-corrected chi connectivity index (χ4v) is 7.91. The number of nitrogens with one attached hydrogen (secondary N) is 2. The third-order valence-electron chi connectivity index (χ3n) is 8.12. The average Bonchev–Trinajstić information content (AvgIpc) is 3.19. The number of anilines is 3. The maximum absolute atomic E-state index is 12.9. The number of ether oxygens (including phenoxy) is 3. The molecule has 25 nitrogen and oxygen atoms in total. The molecule has 1 radical (unpaired) electrons. The third-order valence-corrected chi connectivity index (χ3v) is 12.2. The number of hydrogen-bond acceptors (Lipinski definition) is 22. The minimum absolute atomic E-state index is 0. The van der Waals surface area contributed by atoms with Crippen LogP contribution in [0.2, 0.25) is 5.28 Å². The number of aromatic hydroxyl groups is 2. The summed E-state index contributed by atoms with van der Waals surface area (Å²) in [6, 6.07) is 7.62. The second-order valence-corrected chi connectivity index (χ2v) is 18.8. The van der Waals surface area contributed by atoms with E-state index in [-0.39, 0.29) is 71.4 Å². The van der Waals surface area contributed by atoms with Crippen molar-refractivity contribution in [2.75, 3.05) is 50.4 Å². The van der Waals surface area contributed by atoms with Gasteiger partial charge in [0, 0.05) is 51.9 Å². The van der Waals surface area contributed by atoms with E-state index in [0.29, 0.717) is 6.07 Å². The fourth-order valence-electron chi connectivity index (χ4n) is 5.24. The number of benzene rings is 4. The average molecular weight is 1040 g/mol. The molecule has 0 fully saturated rings. The molecule has 0 bridgehead atoms. The number of phenolic OH excluding ortho intramolecular Hbond substituents is 2. The van der Waals surface area contributed by atoms with Gasteiger partial charge in [-0.25, -0.2) is 8.42 Å². The molecular formula is C33H32ClCuN9O16S4. The quantitative estimate of drug-likeness (QED) is 0.0235. The van der Waals surface area contributed by atoms with E-state index >= 15 is 0 Å². The molecule has 5 aromatic rings. The molecule has 0 aliphatic rings. The molecular weight excluding hydrogens is 1010 g/mol. The number of hydrogen-bond donors (Lipinski definition) is 7. The van der Waals surface area contributed by atoms with E-state index in [1.54, 1.807) is 0 Å². The van der Waals surface area contributed by atoms with Crippen molar-refractivity contribution in [2.24, 2.45) is 20.5 Å².